The fourth-order valence-electron chi connectivity index (χ4n) is 1.04. The van der Waals surface area contributed by atoms with Gasteiger partial charge in [0.25, 0.3) is 0 Å². The summed E-state index contributed by atoms with van der Waals surface area (Å²) in [4.78, 5) is 4.19. The van der Waals surface area contributed by atoms with Crippen molar-refractivity contribution in [2.45, 2.75) is 18.3 Å². The summed E-state index contributed by atoms with van der Waals surface area (Å²) < 4.78 is 2.08. The molecule has 61 valence electrons. The van der Waals surface area contributed by atoms with Gasteiger partial charge in [-0.1, -0.05) is 0 Å². The number of imidazole rings is 1. The van der Waals surface area contributed by atoms with Crippen LogP contribution in [0.1, 0.15) is 5.69 Å². The predicted molar refractivity (Wildman–Crippen MR) is 48.6 cm³/mol. The molecule has 0 aromatic carbocycles. The smallest absolute Gasteiger partial charge is 0.562 e. The molecule has 0 aliphatic carbocycles. The van der Waals surface area contributed by atoms with E-state index >= 15 is 0 Å². The maximum atomic E-state index is 8.71. The summed E-state index contributed by atoms with van der Waals surface area (Å²) in [6.07, 6.45) is 1.91. The molecular weight excluding hydrogens is 182 g/mol. The topological polar surface area (TPSA) is 38.0 Å². The second-order valence-electron chi connectivity index (χ2n) is 2.21. The Morgan fingerprint density at radius 2 is 2.42 bits per heavy atom. The summed E-state index contributed by atoms with van der Waals surface area (Å²) in [6.45, 7) is 1.09. The number of fused-ring (bicyclic) bond motifs is 1. The fraction of sp³-hybridized carbons (Fsp3) is 0.500. The van der Waals surface area contributed by atoms with Gasteiger partial charge in [0, 0.05) is 12.7 Å². The zero-order valence-corrected chi connectivity index (χ0v) is 7.27. The van der Waals surface area contributed by atoms with Crippen LogP contribution < -0.4 is 18.9 Å². The van der Waals surface area contributed by atoms with Crippen molar-refractivity contribution in [3.05, 3.63) is 11.9 Å². The van der Waals surface area contributed by atoms with Gasteiger partial charge in [0.1, 0.15) is 0 Å². The molecule has 1 aliphatic rings. The van der Waals surface area contributed by atoms with Crippen LogP contribution in [0.2, 0.25) is 0 Å². The predicted octanol–water partition coefficient (Wildman–Crippen LogP) is -4.35. The maximum Gasteiger partial charge on any atom is 1.00 e. The van der Waals surface area contributed by atoms with Gasteiger partial charge in [0.15, 0.2) is 17.4 Å². The Balaban J connectivity index is 0.000000605. The van der Waals surface area contributed by atoms with Crippen molar-refractivity contribution in [2.24, 2.45) is 0 Å². The van der Waals surface area contributed by atoms with Crippen molar-refractivity contribution in [1.29, 1.82) is 0 Å². The first-order valence-electron chi connectivity index (χ1n) is 3.20. The minimum atomic E-state index is 0. The Bertz CT molecular complexity index is 234. The molecule has 1 aliphatic heterocycles. The van der Waals surface area contributed by atoms with Crippen molar-refractivity contribution in [3.63, 3.8) is 0 Å². The average molecular weight is 193 g/mol. The van der Waals surface area contributed by atoms with Crippen molar-refractivity contribution < 1.29 is 24.0 Å². The van der Waals surface area contributed by atoms with Gasteiger partial charge in [-0.25, -0.2) is 0 Å². The fourth-order valence-corrected chi connectivity index (χ4v) is 2.00. The number of hydrogen-bond acceptors (Lipinski definition) is 3. The van der Waals surface area contributed by atoms with Crippen LogP contribution in [0.4, 0.5) is 0 Å². The van der Waals surface area contributed by atoms with Crippen molar-refractivity contribution >= 4 is 29.1 Å². The molecule has 0 saturated heterocycles. The van der Waals surface area contributed by atoms with Gasteiger partial charge in [-0.3, -0.25) is 4.98 Å². The van der Waals surface area contributed by atoms with Crippen LogP contribution >= 0.6 is 0 Å². The zero-order valence-electron chi connectivity index (χ0n) is 6.45. The number of hydrogen-bond donors (Lipinski definition) is 1. The molecule has 0 bridgehead atoms. The van der Waals surface area contributed by atoms with Gasteiger partial charge in [-0.05, 0) is 5.16 Å². The summed E-state index contributed by atoms with van der Waals surface area (Å²) in [5, 5.41) is 9.76. The van der Waals surface area contributed by atoms with E-state index in [0.29, 0.717) is 0 Å². The minimum Gasteiger partial charge on any atom is -0.562 e. The van der Waals surface area contributed by atoms with E-state index in [1.807, 2.05) is 6.20 Å². The van der Waals surface area contributed by atoms with Crippen molar-refractivity contribution in [3.8, 4) is 0 Å². The third-order valence-corrected chi connectivity index (χ3v) is 2.49. The van der Waals surface area contributed by atoms with E-state index in [-0.39, 0.29) is 42.8 Å². The van der Waals surface area contributed by atoms with Crippen LogP contribution in [0, 0.1) is 0 Å². The number of aryl methyl sites for hydroxylation is 1. The van der Waals surface area contributed by atoms with Gasteiger partial charge in [-0.15, -0.1) is 5.75 Å². The van der Waals surface area contributed by atoms with E-state index in [1.54, 1.807) is 11.8 Å². The molecular formula is C6H11AlLiN2OS. The van der Waals surface area contributed by atoms with E-state index in [1.165, 1.54) is 0 Å². The van der Waals surface area contributed by atoms with Crippen LogP contribution in [0.3, 0.4) is 0 Å². The van der Waals surface area contributed by atoms with Crippen LogP contribution in [0.15, 0.2) is 11.4 Å². The van der Waals surface area contributed by atoms with Crippen LogP contribution in [-0.4, -0.2) is 37.8 Å². The van der Waals surface area contributed by atoms with E-state index in [0.717, 1.165) is 23.1 Å². The third-order valence-electron chi connectivity index (χ3n) is 1.52. The molecule has 0 atom stereocenters. The molecule has 1 aromatic rings. The third kappa shape index (κ3) is 2.33. The SMILES string of the molecule is OCc1cn2c(n1)[S-]CC2.[AlH3].[Li+]. The number of aromatic nitrogens is 2. The van der Waals surface area contributed by atoms with Crippen LogP contribution in [0.25, 0.3) is 0 Å². The summed E-state index contributed by atoms with van der Waals surface area (Å²) in [6, 6.07) is 0. The molecule has 3 nitrogen and oxygen atoms in total. The number of nitrogens with zero attached hydrogens (tertiary/aromatic N) is 2. The molecule has 0 spiro atoms. The quantitative estimate of drug-likeness (QED) is 0.362. The number of thioether (sulfide) groups is 1. The molecule has 2 rings (SSSR count). The Kier molecular flexibility index (Phi) is 5.69. The molecule has 1 radical (unpaired) electrons. The van der Waals surface area contributed by atoms with Crippen LogP contribution in [-0.2, 0) is 24.9 Å². The monoisotopic (exact) mass is 193 g/mol. The molecule has 2 heterocycles. The van der Waals surface area contributed by atoms with Gasteiger partial charge in [0.2, 0.25) is 0 Å². The summed E-state index contributed by atoms with van der Waals surface area (Å²) in [5.41, 5.74) is 0.780. The van der Waals surface area contributed by atoms with E-state index < -0.39 is 0 Å². The van der Waals surface area contributed by atoms with Crippen LogP contribution in [0.5, 0.6) is 0 Å². The normalized spacial score (nSPS) is 13.1. The molecule has 1 aromatic heterocycles. The summed E-state index contributed by atoms with van der Waals surface area (Å²) in [7, 11) is 0. The first-order chi connectivity index (χ1) is 4.90. The Morgan fingerprint density at radius 3 is 3.00 bits per heavy atom. The Hall–Kier alpha value is 0.650. The Morgan fingerprint density at radius 1 is 1.67 bits per heavy atom. The molecule has 12 heavy (non-hydrogen) atoms. The zero-order chi connectivity index (χ0) is 6.97. The number of aliphatic hydroxyl groups excluding tert-OH is 1. The van der Waals surface area contributed by atoms with E-state index in [2.05, 4.69) is 9.55 Å². The molecule has 1 N–H and O–H groups in total. The first kappa shape index (κ1) is 12.6. The number of aliphatic hydroxyl groups is 1. The molecule has 0 amide bonds. The minimum absolute atomic E-state index is 0. The molecule has 0 fully saturated rings. The van der Waals surface area contributed by atoms with Gasteiger partial charge < -0.3 is 21.4 Å². The standard InChI is InChI=1S/C6H8N2OS.Al.Li.3H/c9-4-5-3-8-1-2-10-6(8)7-5;;;;;/h3,9H,1-2,4H2;;;;;/q-1;;+1;;;. The number of rotatable bonds is 1. The summed E-state index contributed by atoms with van der Waals surface area (Å²) >= 11 is 1.74. The molecule has 0 unspecified atom stereocenters. The van der Waals surface area contributed by atoms with E-state index in [4.69, 9.17) is 5.11 Å². The second kappa shape index (κ2) is 5.39. The molecule has 0 saturated carbocycles. The second-order valence-corrected chi connectivity index (χ2v) is 3.28. The van der Waals surface area contributed by atoms with Crippen molar-refractivity contribution in [1.82, 2.24) is 9.55 Å². The van der Waals surface area contributed by atoms with Gasteiger partial charge >= 0.3 is 18.9 Å². The largest absolute Gasteiger partial charge is 1.00 e. The van der Waals surface area contributed by atoms with E-state index in [9.17, 15) is 0 Å². The maximum absolute atomic E-state index is 8.71. The molecule has 6 heteroatoms. The van der Waals surface area contributed by atoms with Crippen molar-refractivity contribution in [2.75, 3.05) is 5.75 Å². The van der Waals surface area contributed by atoms with Gasteiger partial charge in [-0.2, -0.15) is 0 Å². The average Bonchev–Trinajstić information content (AvgIpc) is 2.42. The van der Waals surface area contributed by atoms with Gasteiger partial charge in [0.05, 0.1) is 12.3 Å². The first-order valence-corrected chi connectivity index (χ1v) is 4.18. The summed E-state index contributed by atoms with van der Waals surface area (Å²) in [5.74, 6) is 1.12. The Labute approximate surface area is 98.2 Å².